The summed E-state index contributed by atoms with van der Waals surface area (Å²) >= 11 is 3.41. The largest absolute Gasteiger partial charge is 0.378 e. The molecule has 1 aliphatic rings. The van der Waals surface area contributed by atoms with E-state index < -0.39 is 5.91 Å². The van der Waals surface area contributed by atoms with E-state index in [9.17, 15) is 4.79 Å². The van der Waals surface area contributed by atoms with Crippen molar-refractivity contribution in [2.24, 2.45) is 5.10 Å². The number of nitrogens with zero attached hydrogens (tertiary/aromatic N) is 7. The van der Waals surface area contributed by atoms with Crippen LogP contribution in [0, 0.1) is 0 Å². The number of hydrazone groups is 1. The zero-order chi connectivity index (χ0) is 22.5. The first-order chi connectivity index (χ1) is 15.5. The number of anilines is 1. The van der Waals surface area contributed by atoms with Gasteiger partial charge in [0, 0.05) is 11.0 Å². The third kappa shape index (κ3) is 5.02. The molecule has 0 bridgehead atoms. The first-order valence-corrected chi connectivity index (χ1v) is 11.2. The fraction of sp³-hybridized carbons (Fsp3) is 0.400. The summed E-state index contributed by atoms with van der Waals surface area (Å²) in [6, 6.07) is 7.65. The summed E-state index contributed by atoms with van der Waals surface area (Å²) in [6.07, 6.45) is 4.61. The Kier molecular flexibility index (Phi) is 6.90. The second kappa shape index (κ2) is 10.0. The highest BCUT2D eigenvalue weighted by Gasteiger charge is 2.26. The van der Waals surface area contributed by atoms with Gasteiger partial charge in [-0.05, 0) is 60.9 Å². The van der Waals surface area contributed by atoms with Crippen molar-refractivity contribution in [3.8, 4) is 5.82 Å². The Labute approximate surface area is 193 Å². The smallest absolute Gasteiger partial charge is 0.293 e. The molecule has 0 saturated carbocycles. The number of halogens is 1. The van der Waals surface area contributed by atoms with Gasteiger partial charge < -0.3 is 5.73 Å². The molecule has 1 aromatic carbocycles. The second-order valence-electron chi connectivity index (χ2n) is 7.61. The molecule has 0 unspecified atom stereocenters. The highest BCUT2D eigenvalue weighted by molar-refractivity contribution is 9.10. The molecular weight excluding hydrogens is 478 g/mol. The van der Waals surface area contributed by atoms with Gasteiger partial charge in [-0.25, -0.2) is 10.1 Å². The predicted molar refractivity (Wildman–Crippen MR) is 121 cm³/mol. The van der Waals surface area contributed by atoms with Gasteiger partial charge in [0.2, 0.25) is 11.6 Å². The lowest BCUT2D eigenvalue weighted by Gasteiger charge is -2.20. The minimum absolute atomic E-state index is 0.0723. The van der Waals surface area contributed by atoms with Crippen LogP contribution in [0.4, 0.5) is 5.82 Å². The summed E-state index contributed by atoms with van der Waals surface area (Å²) in [5.74, 6) is -0.188. The third-order valence-corrected chi connectivity index (χ3v) is 5.86. The molecule has 3 aromatic rings. The Morgan fingerprint density at radius 1 is 1.19 bits per heavy atom. The molecule has 11 nitrogen and oxygen atoms in total. The van der Waals surface area contributed by atoms with Gasteiger partial charge in [0.15, 0.2) is 5.69 Å². The van der Waals surface area contributed by atoms with Gasteiger partial charge in [-0.15, -0.1) is 5.10 Å². The number of aromatic nitrogens is 5. The van der Waals surface area contributed by atoms with E-state index in [1.54, 1.807) is 0 Å². The average molecular weight is 502 g/mol. The lowest BCUT2D eigenvalue weighted by molar-refractivity contribution is 0.0947. The number of carbonyl (C=O) groups excluding carboxylic acids is 1. The van der Waals surface area contributed by atoms with E-state index in [0.29, 0.717) is 18.0 Å². The molecule has 1 saturated heterocycles. The molecule has 3 heterocycles. The van der Waals surface area contributed by atoms with Crippen LogP contribution in [-0.2, 0) is 6.54 Å². The van der Waals surface area contributed by atoms with E-state index in [1.165, 1.54) is 17.5 Å². The van der Waals surface area contributed by atoms with Crippen molar-refractivity contribution in [1.29, 1.82) is 0 Å². The van der Waals surface area contributed by atoms with Gasteiger partial charge in [-0.2, -0.15) is 9.78 Å². The van der Waals surface area contributed by atoms with Crippen molar-refractivity contribution in [3.05, 3.63) is 45.7 Å². The summed E-state index contributed by atoms with van der Waals surface area (Å²) in [7, 11) is 0. The molecule has 1 aliphatic heterocycles. The van der Waals surface area contributed by atoms with Crippen molar-refractivity contribution >= 4 is 33.4 Å². The lowest BCUT2D eigenvalue weighted by atomic mass is 10.1. The van der Waals surface area contributed by atoms with Crippen molar-refractivity contribution in [2.45, 2.75) is 39.2 Å². The fourth-order valence-electron chi connectivity index (χ4n) is 3.58. The maximum absolute atomic E-state index is 13.0. The van der Waals surface area contributed by atoms with Crippen molar-refractivity contribution in [1.82, 2.24) is 35.6 Å². The molecule has 32 heavy (non-hydrogen) atoms. The topological polar surface area (TPSA) is 140 Å². The first-order valence-electron chi connectivity index (χ1n) is 10.4. The van der Waals surface area contributed by atoms with Gasteiger partial charge in [0.1, 0.15) is 0 Å². The van der Waals surface area contributed by atoms with Crippen molar-refractivity contribution < 1.29 is 9.42 Å². The standard InChI is InChI=1S/C20H24BrN9O2/c1-13(14-6-8-15(21)9-7-14)23-25-20(31)17-16(12-29-10-4-2-3-5-11-29)30(28-24-17)19-18(22)26-32-27-19/h6-9H,2-5,10-12H2,1H3,(H2,22,26)(H,25,31)/b23-13+. The van der Waals surface area contributed by atoms with Crippen molar-refractivity contribution in [3.63, 3.8) is 0 Å². The minimum atomic E-state index is -0.465. The van der Waals surface area contributed by atoms with E-state index in [4.69, 9.17) is 10.4 Å². The number of likely N-dealkylation sites (tertiary alicyclic amines) is 1. The molecular formula is C20H24BrN9O2. The molecule has 1 amide bonds. The maximum Gasteiger partial charge on any atom is 0.293 e. The molecule has 12 heteroatoms. The molecule has 0 radical (unpaired) electrons. The molecule has 0 spiro atoms. The molecule has 0 aliphatic carbocycles. The average Bonchev–Trinajstić information content (AvgIpc) is 3.30. The molecule has 1 fully saturated rings. The first kappa shape index (κ1) is 22.1. The summed E-state index contributed by atoms with van der Waals surface area (Å²) in [5, 5.41) is 19.9. The number of nitrogen functional groups attached to an aromatic ring is 1. The van der Waals surface area contributed by atoms with Crippen LogP contribution < -0.4 is 11.2 Å². The SMILES string of the molecule is C/C(=N\NC(=O)c1nnn(-c2nonc2N)c1CN1CCCCCC1)c1ccc(Br)cc1. The predicted octanol–water partition coefficient (Wildman–Crippen LogP) is 2.53. The monoisotopic (exact) mass is 501 g/mol. The highest BCUT2D eigenvalue weighted by Crippen LogP contribution is 2.20. The van der Waals surface area contributed by atoms with Crippen LogP contribution in [-0.4, -0.2) is 54.9 Å². The zero-order valence-electron chi connectivity index (χ0n) is 17.7. The number of benzene rings is 1. The summed E-state index contributed by atoms with van der Waals surface area (Å²) in [5.41, 5.74) is 10.7. The number of hydrogen-bond acceptors (Lipinski definition) is 9. The van der Waals surface area contributed by atoms with Crippen LogP contribution in [0.25, 0.3) is 5.82 Å². The normalized spacial score (nSPS) is 15.5. The fourth-order valence-corrected chi connectivity index (χ4v) is 3.84. The zero-order valence-corrected chi connectivity index (χ0v) is 19.2. The van der Waals surface area contributed by atoms with E-state index in [0.717, 1.165) is 36.0 Å². The Bertz CT molecular complexity index is 1100. The van der Waals surface area contributed by atoms with Crippen LogP contribution in [0.2, 0.25) is 0 Å². The number of carbonyl (C=O) groups is 1. The van der Waals surface area contributed by atoms with Gasteiger partial charge in [-0.3, -0.25) is 9.69 Å². The molecule has 0 atom stereocenters. The van der Waals surface area contributed by atoms with E-state index >= 15 is 0 Å². The molecule has 4 rings (SSSR count). The molecule has 168 valence electrons. The Morgan fingerprint density at radius 3 is 2.56 bits per heavy atom. The van der Waals surface area contributed by atoms with Crippen molar-refractivity contribution in [2.75, 3.05) is 18.8 Å². The minimum Gasteiger partial charge on any atom is -0.378 e. The quantitative estimate of drug-likeness (QED) is 0.387. The van der Waals surface area contributed by atoms with Crippen LogP contribution in [0.5, 0.6) is 0 Å². The Hall–Kier alpha value is -3.12. The highest BCUT2D eigenvalue weighted by atomic mass is 79.9. The van der Waals surface area contributed by atoms with Gasteiger partial charge in [0.05, 0.1) is 11.4 Å². The summed E-state index contributed by atoms with van der Waals surface area (Å²) in [6.45, 7) is 4.15. The number of hydrogen-bond donors (Lipinski definition) is 2. The second-order valence-corrected chi connectivity index (χ2v) is 8.52. The van der Waals surface area contributed by atoms with Crippen LogP contribution in [0.1, 0.15) is 54.4 Å². The molecule has 3 N–H and O–H groups in total. The van der Waals surface area contributed by atoms with E-state index in [2.05, 4.69) is 52.0 Å². The van der Waals surface area contributed by atoms with Gasteiger partial charge in [-0.1, -0.05) is 46.1 Å². The number of rotatable bonds is 6. The van der Waals surface area contributed by atoms with Gasteiger partial charge >= 0.3 is 0 Å². The Morgan fingerprint density at radius 2 is 1.91 bits per heavy atom. The van der Waals surface area contributed by atoms with Crippen LogP contribution in [0.15, 0.2) is 38.5 Å². The maximum atomic E-state index is 13.0. The van der Waals surface area contributed by atoms with Crippen LogP contribution in [0.3, 0.4) is 0 Å². The lowest BCUT2D eigenvalue weighted by Crippen LogP contribution is -2.28. The number of nitrogens with two attached hydrogens (primary N) is 1. The molecule has 2 aromatic heterocycles. The number of nitrogens with one attached hydrogen (secondary N) is 1. The Balaban J connectivity index is 1.60. The van der Waals surface area contributed by atoms with Crippen LogP contribution >= 0.6 is 15.9 Å². The summed E-state index contributed by atoms with van der Waals surface area (Å²) in [4.78, 5) is 15.3. The summed E-state index contributed by atoms with van der Waals surface area (Å²) < 4.78 is 7.10. The third-order valence-electron chi connectivity index (χ3n) is 5.33. The number of amides is 1. The van der Waals surface area contributed by atoms with E-state index in [-0.39, 0.29) is 17.3 Å². The van der Waals surface area contributed by atoms with E-state index in [1.807, 2.05) is 31.2 Å². The van der Waals surface area contributed by atoms with Gasteiger partial charge in [0.25, 0.3) is 5.91 Å².